The Morgan fingerprint density at radius 3 is 2.59 bits per heavy atom. The molecular formula is C22H21NO3S. The third kappa shape index (κ3) is 3.12. The van der Waals surface area contributed by atoms with E-state index >= 15 is 0 Å². The number of thioether (sulfide) groups is 1. The third-order valence-corrected chi connectivity index (χ3v) is 5.69. The molecule has 2 N–H and O–H groups in total. The average molecular weight is 379 g/mol. The highest BCUT2D eigenvalue weighted by atomic mass is 32.2. The summed E-state index contributed by atoms with van der Waals surface area (Å²) >= 11 is 1.72. The molecular weight excluding hydrogens is 358 g/mol. The van der Waals surface area contributed by atoms with Gasteiger partial charge in [0.25, 0.3) is 5.91 Å². The van der Waals surface area contributed by atoms with Crippen molar-refractivity contribution in [1.82, 2.24) is 5.32 Å². The maximum Gasteiger partial charge on any atom is 0.252 e. The number of amides is 1. The van der Waals surface area contributed by atoms with E-state index in [9.17, 15) is 9.90 Å². The van der Waals surface area contributed by atoms with E-state index in [2.05, 4.69) is 5.32 Å². The van der Waals surface area contributed by atoms with Gasteiger partial charge in [-0.05, 0) is 36.6 Å². The number of carbonyl (C=O) groups excluding carboxylic acids is 1. The molecule has 1 aliphatic rings. The zero-order valence-corrected chi connectivity index (χ0v) is 15.9. The van der Waals surface area contributed by atoms with Crippen molar-refractivity contribution in [3.8, 4) is 11.5 Å². The molecule has 4 rings (SSSR count). The molecule has 0 fully saturated rings. The fourth-order valence-corrected chi connectivity index (χ4v) is 4.19. The Kier molecular flexibility index (Phi) is 4.70. The third-order valence-electron chi connectivity index (χ3n) is 5.07. The lowest BCUT2D eigenvalue weighted by Crippen LogP contribution is -2.47. The molecule has 4 nitrogen and oxygen atoms in total. The molecule has 0 saturated carbocycles. The highest BCUT2D eigenvalue weighted by Crippen LogP contribution is 2.47. The molecule has 1 aliphatic heterocycles. The van der Waals surface area contributed by atoms with E-state index in [4.69, 9.17) is 4.74 Å². The van der Waals surface area contributed by atoms with Crippen molar-refractivity contribution >= 4 is 28.4 Å². The first-order chi connectivity index (χ1) is 13.1. The zero-order valence-electron chi connectivity index (χ0n) is 15.1. The van der Waals surface area contributed by atoms with Crippen LogP contribution in [-0.2, 0) is 5.54 Å². The molecule has 1 atom stereocenters. The van der Waals surface area contributed by atoms with E-state index in [1.165, 1.54) is 0 Å². The Morgan fingerprint density at radius 1 is 1.15 bits per heavy atom. The van der Waals surface area contributed by atoms with Gasteiger partial charge in [-0.3, -0.25) is 4.79 Å². The van der Waals surface area contributed by atoms with Crippen molar-refractivity contribution in [1.29, 1.82) is 0 Å². The minimum Gasteiger partial charge on any atom is -0.507 e. The molecule has 1 heterocycles. The van der Waals surface area contributed by atoms with Gasteiger partial charge in [-0.2, -0.15) is 11.8 Å². The predicted molar refractivity (Wildman–Crippen MR) is 110 cm³/mol. The van der Waals surface area contributed by atoms with Gasteiger partial charge in [0.15, 0.2) is 0 Å². The molecule has 3 aromatic carbocycles. The number of carbonyl (C=O) groups is 1. The Labute approximate surface area is 162 Å². The van der Waals surface area contributed by atoms with Gasteiger partial charge in [0, 0.05) is 21.9 Å². The number of ether oxygens (including phenoxy) is 1. The van der Waals surface area contributed by atoms with Crippen LogP contribution in [-0.4, -0.2) is 29.6 Å². The van der Waals surface area contributed by atoms with Crippen LogP contribution in [0.25, 0.3) is 10.8 Å². The minimum atomic E-state index is -0.660. The van der Waals surface area contributed by atoms with Crippen molar-refractivity contribution in [2.45, 2.75) is 12.0 Å². The van der Waals surface area contributed by atoms with Crippen LogP contribution in [0, 0.1) is 0 Å². The molecule has 0 bridgehead atoms. The van der Waals surface area contributed by atoms with Crippen molar-refractivity contribution in [2.24, 2.45) is 0 Å². The lowest BCUT2D eigenvalue weighted by molar-refractivity contribution is 0.0874. The maximum atomic E-state index is 12.9. The van der Waals surface area contributed by atoms with Gasteiger partial charge in [0.2, 0.25) is 0 Å². The molecule has 0 aliphatic carbocycles. The second kappa shape index (κ2) is 7.16. The standard InChI is InChI=1S/C22H21NO3S/c1-27-12-11-22(23-21(25)15-7-3-2-4-8-15)14-26-20-17-10-6-5-9-16(17)19(24)13-18(20)22/h2-10,13,24H,11-12,14H2,1H3,(H,23,25)/t22-/m0/s1. The lowest BCUT2D eigenvalue weighted by Gasteiger charge is -2.29. The van der Waals surface area contributed by atoms with Crippen LogP contribution in [0.5, 0.6) is 11.5 Å². The van der Waals surface area contributed by atoms with Crippen LogP contribution in [0.1, 0.15) is 22.3 Å². The fourth-order valence-electron chi connectivity index (χ4n) is 3.64. The molecule has 138 valence electrons. The molecule has 0 radical (unpaired) electrons. The molecule has 27 heavy (non-hydrogen) atoms. The first kappa shape index (κ1) is 17.7. The summed E-state index contributed by atoms with van der Waals surface area (Å²) in [6.07, 6.45) is 2.76. The quantitative estimate of drug-likeness (QED) is 0.693. The summed E-state index contributed by atoms with van der Waals surface area (Å²) < 4.78 is 6.08. The number of nitrogens with one attached hydrogen (secondary N) is 1. The minimum absolute atomic E-state index is 0.138. The van der Waals surface area contributed by atoms with Crippen molar-refractivity contribution in [2.75, 3.05) is 18.6 Å². The molecule has 0 aromatic heterocycles. The van der Waals surface area contributed by atoms with E-state index < -0.39 is 5.54 Å². The summed E-state index contributed by atoms with van der Waals surface area (Å²) in [5.41, 5.74) is 0.795. The first-order valence-electron chi connectivity index (χ1n) is 8.89. The van der Waals surface area contributed by atoms with Gasteiger partial charge in [-0.25, -0.2) is 0 Å². The number of phenols is 1. The van der Waals surface area contributed by atoms with E-state index in [1.54, 1.807) is 30.0 Å². The van der Waals surface area contributed by atoms with Gasteiger partial charge in [-0.1, -0.05) is 42.5 Å². The van der Waals surface area contributed by atoms with Crippen LogP contribution in [0.3, 0.4) is 0 Å². The van der Waals surface area contributed by atoms with Crippen LogP contribution in [0.4, 0.5) is 0 Å². The molecule has 0 unspecified atom stereocenters. The van der Waals surface area contributed by atoms with E-state index in [0.29, 0.717) is 12.2 Å². The lowest BCUT2D eigenvalue weighted by atomic mass is 9.87. The highest BCUT2D eigenvalue weighted by molar-refractivity contribution is 7.98. The Morgan fingerprint density at radius 2 is 1.85 bits per heavy atom. The normalized spacial score (nSPS) is 18.1. The van der Waals surface area contributed by atoms with Gasteiger partial charge < -0.3 is 15.2 Å². The summed E-state index contributed by atoms with van der Waals surface area (Å²) in [6, 6.07) is 18.6. The monoisotopic (exact) mass is 379 g/mol. The van der Waals surface area contributed by atoms with Crippen LogP contribution in [0.15, 0.2) is 60.7 Å². The number of hydrogen-bond acceptors (Lipinski definition) is 4. The maximum absolute atomic E-state index is 12.9. The van der Waals surface area contributed by atoms with Crippen molar-refractivity contribution < 1.29 is 14.6 Å². The number of fused-ring (bicyclic) bond motifs is 3. The Bertz CT molecular complexity index is 990. The van der Waals surface area contributed by atoms with E-state index in [-0.39, 0.29) is 11.7 Å². The molecule has 0 saturated heterocycles. The fraction of sp³-hybridized carbons (Fsp3) is 0.227. The number of aromatic hydroxyl groups is 1. The van der Waals surface area contributed by atoms with Gasteiger partial charge in [0.05, 0.1) is 0 Å². The predicted octanol–water partition coefficient (Wildman–Crippen LogP) is 4.32. The second-order valence-electron chi connectivity index (χ2n) is 6.75. The number of phenolic OH excluding ortho intramolecular Hbond substituents is 1. The molecule has 5 heteroatoms. The Hall–Kier alpha value is -2.66. The molecule has 0 spiro atoms. The largest absolute Gasteiger partial charge is 0.507 e. The van der Waals surface area contributed by atoms with E-state index in [0.717, 1.165) is 34.3 Å². The van der Waals surface area contributed by atoms with E-state index in [1.807, 2.05) is 48.7 Å². The van der Waals surface area contributed by atoms with Crippen molar-refractivity contribution in [3.05, 3.63) is 71.8 Å². The summed E-state index contributed by atoms with van der Waals surface area (Å²) in [6.45, 7) is 0.356. The zero-order chi connectivity index (χ0) is 18.9. The highest BCUT2D eigenvalue weighted by Gasteiger charge is 2.43. The summed E-state index contributed by atoms with van der Waals surface area (Å²) in [5, 5.41) is 15.4. The van der Waals surface area contributed by atoms with Gasteiger partial charge >= 0.3 is 0 Å². The summed E-state index contributed by atoms with van der Waals surface area (Å²) in [7, 11) is 0. The SMILES string of the molecule is CSCC[C@]1(NC(=O)c2ccccc2)COc2c1cc(O)c1ccccc21. The summed E-state index contributed by atoms with van der Waals surface area (Å²) in [5.74, 6) is 1.68. The van der Waals surface area contributed by atoms with Crippen LogP contribution in [0.2, 0.25) is 0 Å². The van der Waals surface area contributed by atoms with Gasteiger partial charge in [0.1, 0.15) is 23.6 Å². The molecule has 3 aromatic rings. The van der Waals surface area contributed by atoms with Crippen molar-refractivity contribution in [3.63, 3.8) is 0 Å². The summed E-state index contributed by atoms with van der Waals surface area (Å²) in [4.78, 5) is 12.9. The van der Waals surface area contributed by atoms with Crippen LogP contribution < -0.4 is 10.1 Å². The Balaban J connectivity index is 1.80. The number of hydrogen-bond donors (Lipinski definition) is 2. The average Bonchev–Trinajstić information content (AvgIpc) is 3.06. The number of rotatable bonds is 5. The number of benzene rings is 3. The van der Waals surface area contributed by atoms with Gasteiger partial charge in [-0.15, -0.1) is 0 Å². The second-order valence-corrected chi connectivity index (χ2v) is 7.74. The molecule has 1 amide bonds. The van der Waals surface area contributed by atoms with Crippen LogP contribution >= 0.6 is 11.8 Å². The topological polar surface area (TPSA) is 58.6 Å². The first-order valence-corrected chi connectivity index (χ1v) is 10.3. The smallest absolute Gasteiger partial charge is 0.252 e.